The number of benzene rings is 1. The smallest absolute Gasteiger partial charge is 0.301 e. The van der Waals surface area contributed by atoms with Crippen LogP contribution in [0.15, 0.2) is 18.2 Å². The molecule has 0 atom stereocenters. The van der Waals surface area contributed by atoms with E-state index in [0.717, 1.165) is 11.3 Å². The molecule has 112 valence electrons. The monoisotopic (exact) mass is 299 g/mol. The molecule has 2 rings (SSSR count). The van der Waals surface area contributed by atoms with Crippen LogP contribution in [0.5, 0.6) is 5.75 Å². The first-order valence-corrected chi connectivity index (χ1v) is 8.19. The highest BCUT2D eigenvalue weighted by atomic mass is 32.2. The lowest BCUT2D eigenvalue weighted by atomic mass is 10.2. The molecule has 6 nitrogen and oxygen atoms in total. The van der Waals surface area contributed by atoms with Gasteiger partial charge in [-0.1, -0.05) is 0 Å². The summed E-state index contributed by atoms with van der Waals surface area (Å²) in [7, 11) is -3.48. The zero-order valence-electron chi connectivity index (χ0n) is 11.8. The van der Waals surface area contributed by atoms with Gasteiger partial charge in [0.05, 0.1) is 12.3 Å². The lowest BCUT2D eigenvalue weighted by Gasteiger charge is -2.27. The van der Waals surface area contributed by atoms with Crippen LogP contribution < -0.4 is 14.8 Å². The fourth-order valence-electron chi connectivity index (χ4n) is 2.10. The Morgan fingerprint density at radius 3 is 2.65 bits per heavy atom. The topological polar surface area (TPSA) is 70.7 Å². The van der Waals surface area contributed by atoms with Crippen molar-refractivity contribution >= 4 is 15.9 Å². The van der Waals surface area contributed by atoms with Crippen molar-refractivity contribution in [2.75, 3.05) is 37.5 Å². The van der Waals surface area contributed by atoms with Gasteiger partial charge in [-0.2, -0.15) is 12.7 Å². The van der Waals surface area contributed by atoms with Crippen LogP contribution >= 0.6 is 0 Å². The molecule has 1 aliphatic heterocycles. The average molecular weight is 299 g/mol. The van der Waals surface area contributed by atoms with Gasteiger partial charge in [0.1, 0.15) is 5.75 Å². The zero-order valence-corrected chi connectivity index (χ0v) is 12.7. The third kappa shape index (κ3) is 3.62. The van der Waals surface area contributed by atoms with E-state index in [1.54, 1.807) is 12.1 Å². The minimum absolute atomic E-state index is 0.491. The fourth-order valence-corrected chi connectivity index (χ4v) is 3.39. The Balaban J connectivity index is 2.12. The van der Waals surface area contributed by atoms with Crippen molar-refractivity contribution in [3.63, 3.8) is 0 Å². The predicted octanol–water partition coefficient (Wildman–Crippen LogP) is 0.956. The van der Waals surface area contributed by atoms with E-state index >= 15 is 0 Å². The van der Waals surface area contributed by atoms with Gasteiger partial charge in [-0.15, -0.1) is 0 Å². The molecule has 0 saturated carbocycles. The first-order chi connectivity index (χ1) is 9.53. The van der Waals surface area contributed by atoms with Crippen molar-refractivity contribution in [2.24, 2.45) is 0 Å². The average Bonchev–Trinajstić information content (AvgIpc) is 2.43. The van der Waals surface area contributed by atoms with E-state index in [0.29, 0.717) is 38.5 Å². The van der Waals surface area contributed by atoms with E-state index in [2.05, 4.69) is 10.0 Å². The molecule has 1 aromatic rings. The van der Waals surface area contributed by atoms with Gasteiger partial charge in [0, 0.05) is 26.2 Å². The van der Waals surface area contributed by atoms with Crippen molar-refractivity contribution in [3.05, 3.63) is 23.8 Å². The van der Waals surface area contributed by atoms with Crippen LogP contribution in [0.25, 0.3) is 0 Å². The van der Waals surface area contributed by atoms with Gasteiger partial charge in [-0.3, -0.25) is 4.72 Å². The summed E-state index contributed by atoms with van der Waals surface area (Å²) in [6, 6.07) is 5.34. The Kier molecular flexibility index (Phi) is 4.85. The molecule has 0 unspecified atom stereocenters. The number of rotatable bonds is 5. The lowest BCUT2D eigenvalue weighted by molar-refractivity contribution is 0.340. The molecule has 1 saturated heterocycles. The summed E-state index contributed by atoms with van der Waals surface area (Å²) in [6.45, 7) is 6.71. The molecule has 0 spiro atoms. The maximum atomic E-state index is 12.3. The molecule has 0 amide bonds. The molecule has 0 bridgehead atoms. The Morgan fingerprint density at radius 2 is 2.05 bits per heavy atom. The van der Waals surface area contributed by atoms with Crippen LogP contribution in [0.1, 0.15) is 12.5 Å². The first-order valence-electron chi connectivity index (χ1n) is 6.75. The normalized spacial score (nSPS) is 16.9. The number of aryl methyl sites for hydroxylation is 1. The third-order valence-corrected chi connectivity index (χ3v) is 4.69. The molecule has 2 N–H and O–H groups in total. The Labute approximate surface area is 120 Å². The van der Waals surface area contributed by atoms with E-state index in [4.69, 9.17) is 4.74 Å². The molecule has 1 aromatic carbocycles. The van der Waals surface area contributed by atoms with Crippen LogP contribution in [-0.2, 0) is 10.2 Å². The molecule has 0 radical (unpaired) electrons. The number of hydrogen-bond donors (Lipinski definition) is 2. The SMILES string of the molecule is CCOc1ccc(NS(=O)(=O)N2CCNCC2)c(C)c1. The number of ether oxygens (including phenoxy) is 1. The lowest BCUT2D eigenvalue weighted by Crippen LogP contribution is -2.48. The van der Waals surface area contributed by atoms with Gasteiger partial charge in [0.15, 0.2) is 0 Å². The van der Waals surface area contributed by atoms with E-state index < -0.39 is 10.2 Å². The minimum atomic E-state index is -3.48. The standard InChI is InChI=1S/C13H21N3O3S/c1-3-19-12-4-5-13(11(2)10-12)15-20(17,18)16-8-6-14-7-9-16/h4-5,10,14-15H,3,6-9H2,1-2H3. The van der Waals surface area contributed by atoms with Crippen LogP contribution in [0.4, 0.5) is 5.69 Å². The Bertz CT molecular complexity index is 554. The highest BCUT2D eigenvalue weighted by Crippen LogP contribution is 2.23. The van der Waals surface area contributed by atoms with E-state index in [-0.39, 0.29) is 0 Å². The van der Waals surface area contributed by atoms with Gasteiger partial charge >= 0.3 is 10.2 Å². The number of nitrogens with one attached hydrogen (secondary N) is 2. The van der Waals surface area contributed by atoms with Gasteiger partial charge in [0.2, 0.25) is 0 Å². The highest BCUT2D eigenvalue weighted by molar-refractivity contribution is 7.90. The van der Waals surface area contributed by atoms with Crippen LogP contribution in [0, 0.1) is 6.92 Å². The van der Waals surface area contributed by atoms with Crippen molar-refractivity contribution in [2.45, 2.75) is 13.8 Å². The van der Waals surface area contributed by atoms with Gasteiger partial charge in [0.25, 0.3) is 0 Å². The van der Waals surface area contributed by atoms with Crippen LogP contribution in [-0.4, -0.2) is 45.5 Å². The van der Waals surface area contributed by atoms with E-state index in [1.807, 2.05) is 19.9 Å². The summed E-state index contributed by atoms with van der Waals surface area (Å²) < 4.78 is 34.0. The maximum absolute atomic E-state index is 12.3. The van der Waals surface area contributed by atoms with Crippen molar-refractivity contribution in [1.29, 1.82) is 0 Å². The fraction of sp³-hybridized carbons (Fsp3) is 0.538. The minimum Gasteiger partial charge on any atom is -0.494 e. The molecular formula is C13H21N3O3S. The second-order valence-corrected chi connectivity index (χ2v) is 6.34. The van der Waals surface area contributed by atoms with Crippen LogP contribution in [0.3, 0.4) is 0 Å². The van der Waals surface area contributed by atoms with E-state index in [1.165, 1.54) is 4.31 Å². The quantitative estimate of drug-likeness (QED) is 0.849. The summed E-state index contributed by atoms with van der Waals surface area (Å²) >= 11 is 0. The molecule has 1 heterocycles. The number of hydrogen-bond acceptors (Lipinski definition) is 4. The molecule has 0 aromatic heterocycles. The van der Waals surface area contributed by atoms with Gasteiger partial charge in [-0.25, -0.2) is 0 Å². The molecule has 1 fully saturated rings. The molecule has 20 heavy (non-hydrogen) atoms. The summed E-state index contributed by atoms with van der Waals surface area (Å²) in [5.74, 6) is 0.745. The second kappa shape index (κ2) is 6.43. The summed E-state index contributed by atoms with van der Waals surface area (Å²) in [6.07, 6.45) is 0. The number of nitrogens with zero attached hydrogens (tertiary/aromatic N) is 1. The summed E-state index contributed by atoms with van der Waals surface area (Å²) in [4.78, 5) is 0. The van der Waals surface area contributed by atoms with Gasteiger partial charge < -0.3 is 10.1 Å². The van der Waals surface area contributed by atoms with E-state index in [9.17, 15) is 8.42 Å². The molecule has 1 aliphatic rings. The summed E-state index contributed by atoms with van der Waals surface area (Å²) in [5.41, 5.74) is 1.43. The zero-order chi connectivity index (χ0) is 14.6. The number of anilines is 1. The van der Waals surface area contributed by atoms with Crippen molar-refractivity contribution in [3.8, 4) is 5.75 Å². The maximum Gasteiger partial charge on any atom is 0.301 e. The van der Waals surface area contributed by atoms with Crippen LogP contribution in [0.2, 0.25) is 0 Å². The van der Waals surface area contributed by atoms with Gasteiger partial charge in [-0.05, 0) is 37.6 Å². The first kappa shape index (κ1) is 15.1. The summed E-state index contributed by atoms with van der Waals surface area (Å²) in [5, 5.41) is 3.13. The molecule has 7 heteroatoms. The molecular weight excluding hydrogens is 278 g/mol. The Hall–Kier alpha value is -1.31. The largest absolute Gasteiger partial charge is 0.494 e. The number of piperazine rings is 1. The second-order valence-electron chi connectivity index (χ2n) is 4.67. The Morgan fingerprint density at radius 1 is 1.35 bits per heavy atom. The highest BCUT2D eigenvalue weighted by Gasteiger charge is 2.24. The van der Waals surface area contributed by atoms with Crippen molar-refractivity contribution in [1.82, 2.24) is 9.62 Å². The third-order valence-electron chi connectivity index (χ3n) is 3.16. The molecule has 0 aliphatic carbocycles. The van der Waals surface area contributed by atoms with Crippen molar-refractivity contribution < 1.29 is 13.2 Å². The predicted molar refractivity (Wildman–Crippen MR) is 79.3 cm³/mol.